The van der Waals surface area contributed by atoms with Gasteiger partial charge in [0.15, 0.2) is 0 Å². The summed E-state index contributed by atoms with van der Waals surface area (Å²) < 4.78 is 13.4. The maximum atomic E-state index is 13.4. The van der Waals surface area contributed by atoms with Gasteiger partial charge < -0.3 is 5.32 Å². The molecule has 0 saturated heterocycles. The van der Waals surface area contributed by atoms with Crippen molar-refractivity contribution in [2.24, 2.45) is 0 Å². The standard InChI is InChI=1S/C12H9ClFN3O/c13-9-1-2-10(14)8(5-9)6-16-12(18)11-3-4-15-7-17-11/h1-5,7H,6H2,(H,16,18). The predicted molar refractivity (Wildman–Crippen MR) is 64.6 cm³/mol. The van der Waals surface area contributed by atoms with Crippen molar-refractivity contribution in [1.29, 1.82) is 0 Å². The van der Waals surface area contributed by atoms with Crippen LogP contribution >= 0.6 is 11.6 Å². The molecule has 6 heteroatoms. The molecule has 2 rings (SSSR count). The van der Waals surface area contributed by atoms with E-state index in [0.717, 1.165) is 0 Å². The second kappa shape index (κ2) is 5.55. The topological polar surface area (TPSA) is 54.9 Å². The van der Waals surface area contributed by atoms with Crippen LogP contribution in [0.25, 0.3) is 0 Å². The van der Waals surface area contributed by atoms with Crippen LogP contribution in [0, 0.1) is 5.82 Å². The highest BCUT2D eigenvalue weighted by molar-refractivity contribution is 6.30. The van der Waals surface area contributed by atoms with E-state index in [0.29, 0.717) is 10.6 Å². The minimum atomic E-state index is -0.414. The summed E-state index contributed by atoms with van der Waals surface area (Å²) in [4.78, 5) is 19.1. The highest BCUT2D eigenvalue weighted by Crippen LogP contribution is 2.14. The Morgan fingerprint density at radius 2 is 2.22 bits per heavy atom. The molecule has 0 bridgehead atoms. The first-order chi connectivity index (χ1) is 8.66. The van der Waals surface area contributed by atoms with E-state index in [1.807, 2.05) is 0 Å². The zero-order chi connectivity index (χ0) is 13.0. The van der Waals surface area contributed by atoms with Gasteiger partial charge in [-0.1, -0.05) is 11.6 Å². The third kappa shape index (κ3) is 3.01. The number of carbonyl (C=O) groups excluding carboxylic acids is 1. The molecule has 2 aromatic rings. The summed E-state index contributed by atoms with van der Waals surface area (Å²) in [7, 11) is 0. The average molecular weight is 266 g/mol. The molecule has 1 aromatic heterocycles. The SMILES string of the molecule is O=C(NCc1cc(Cl)ccc1F)c1ccncn1. The highest BCUT2D eigenvalue weighted by Gasteiger charge is 2.08. The van der Waals surface area contributed by atoms with Crippen molar-refractivity contribution < 1.29 is 9.18 Å². The van der Waals surface area contributed by atoms with Crippen LogP contribution < -0.4 is 5.32 Å². The first-order valence-electron chi connectivity index (χ1n) is 5.15. The smallest absolute Gasteiger partial charge is 0.270 e. The van der Waals surface area contributed by atoms with Gasteiger partial charge >= 0.3 is 0 Å². The van der Waals surface area contributed by atoms with Gasteiger partial charge in [-0.2, -0.15) is 0 Å². The van der Waals surface area contributed by atoms with E-state index in [9.17, 15) is 9.18 Å². The van der Waals surface area contributed by atoms with E-state index in [1.54, 1.807) is 0 Å². The Morgan fingerprint density at radius 3 is 2.94 bits per heavy atom. The second-order valence-corrected chi connectivity index (χ2v) is 3.95. The molecule has 1 N–H and O–H groups in total. The van der Waals surface area contributed by atoms with Gasteiger partial charge in [-0.05, 0) is 24.3 Å². The number of rotatable bonds is 3. The fourth-order valence-corrected chi connectivity index (χ4v) is 1.56. The Morgan fingerprint density at radius 1 is 1.39 bits per heavy atom. The fraction of sp³-hybridized carbons (Fsp3) is 0.0833. The molecular weight excluding hydrogens is 257 g/mol. The average Bonchev–Trinajstić information content (AvgIpc) is 2.40. The van der Waals surface area contributed by atoms with Gasteiger partial charge in [0.1, 0.15) is 17.8 Å². The van der Waals surface area contributed by atoms with Crippen LogP contribution in [0.3, 0.4) is 0 Å². The summed E-state index contributed by atoms with van der Waals surface area (Å²) >= 11 is 5.75. The number of amides is 1. The molecular formula is C12H9ClFN3O. The summed E-state index contributed by atoms with van der Waals surface area (Å²) in [6.07, 6.45) is 2.73. The van der Waals surface area contributed by atoms with Crippen molar-refractivity contribution in [3.8, 4) is 0 Å². The summed E-state index contributed by atoms with van der Waals surface area (Å²) in [6, 6.07) is 5.65. The first-order valence-corrected chi connectivity index (χ1v) is 5.53. The molecule has 1 heterocycles. The Balaban J connectivity index is 2.04. The molecule has 0 radical (unpaired) electrons. The van der Waals surface area contributed by atoms with Crippen LogP contribution in [0.2, 0.25) is 5.02 Å². The summed E-state index contributed by atoms with van der Waals surface area (Å²) in [5.74, 6) is -0.806. The van der Waals surface area contributed by atoms with Gasteiger partial charge in [-0.15, -0.1) is 0 Å². The maximum Gasteiger partial charge on any atom is 0.270 e. The first kappa shape index (κ1) is 12.4. The van der Waals surface area contributed by atoms with E-state index in [4.69, 9.17) is 11.6 Å². The monoisotopic (exact) mass is 265 g/mol. The van der Waals surface area contributed by atoms with E-state index >= 15 is 0 Å². The van der Waals surface area contributed by atoms with Crippen LogP contribution in [0.4, 0.5) is 4.39 Å². The van der Waals surface area contributed by atoms with Crippen molar-refractivity contribution in [2.75, 3.05) is 0 Å². The third-order valence-corrected chi connectivity index (χ3v) is 2.50. The zero-order valence-corrected chi connectivity index (χ0v) is 9.99. The second-order valence-electron chi connectivity index (χ2n) is 3.51. The third-order valence-electron chi connectivity index (χ3n) is 2.26. The van der Waals surface area contributed by atoms with E-state index in [2.05, 4.69) is 15.3 Å². The van der Waals surface area contributed by atoms with Gasteiger partial charge in [0.25, 0.3) is 5.91 Å². The summed E-state index contributed by atoms with van der Waals surface area (Å²) in [6.45, 7) is 0.0508. The molecule has 1 amide bonds. The van der Waals surface area contributed by atoms with E-state index in [1.165, 1.54) is 36.8 Å². The van der Waals surface area contributed by atoms with Gasteiger partial charge in [-0.25, -0.2) is 14.4 Å². The normalized spacial score (nSPS) is 10.1. The van der Waals surface area contributed by atoms with Crippen molar-refractivity contribution in [3.63, 3.8) is 0 Å². The molecule has 18 heavy (non-hydrogen) atoms. The molecule has 1 aromatic carbocycles. The number of hydrogen-bond donors (Lipinski definition) is 1. The minimum Gasteiger partial charge on any atom is -0.347 e. The maximum absolute atomic E-state index is 13.4. The summed E-state index contributed by atoms with van der Waals surface area (Å²) in [5.41, 5.74) is 0.553. The van der Waals surface area contributed by atoms with Crippen molar-refractivity contribution in [2.45, 2.75) is 6.54 Å². The van der Waals surface area contributed by atoms with Crippen LogP contribution in [0.1, 0.15) is 16.1 Å². The fourth-order valence-electron chi connectivity index (χ4n) is 1.37. The number of nitrogens with zero attached hydrogens (tertiary/aromatic N) is 2. The lowest BCUT2D eigenvalue weighted by Crippen LogP contribution is -2.24. The molecule has 0 aliphatic heterocycles. The number of carbonyl (C=O) groups is 1. The number of benzene rings is 1. The molecule has 0 aliphatic rings. The molecule has 0 unspecified atom stereocenters. The van der Waals surface area contributed by atoms with Crippen molar-refractivity contribution in [1.82, 2.24) is 15.3 Å². The number of aromatic nitrogens is 2. The summed E-state index contributed by atoms with van der Waals surface area (Å²) in [5, 5.41) is 2.97. The van der Waals surface area contributed by atoms with Crippen LogP contribution in [0.15, 0.2) is 36.8 Å². The Bertz CT molecular complexity index is 563. The quantitative estimate of drug-likeness (QED) is 0.926. The van der Waals surface area contributed by atoms with Gasteiger partial charge in [-0.3, -0.25) is 4.79 Å². The lowest BCUT2D eigenvalue weighted by molar-refractivity contribution is 0.0945. The molecule has 92 valence electrons. The number of hydrogen-bond acceptors (Lipinski definition) is 3. The van der Waals surface area contributed by atoms with Gasteiger partial charge in [0.2, 0.25) is 0 Å². The molecule has 0 atom stereocenters. The Labute approximate surface area is 108 Å². The van der Waals surface area contributed by atoms with Crippen molar-refractivity contribution >= 4 is 17.5 Å². The van der Waals surface area contributed by atoms with Crippen molar-refractivity contribution in [3.05, 3.63) is 58.9 Å². The lowest BCUT2D eigenvalue weighted by atomic mass is 10.2. The number of nitrogens with one attached hydrogen (secondary N) is 1. The molecule has 0 aliphatic carbocycles. The molecule has 4 nitrogen and oxygen atoms in total. The largest absolute Gasteiger partial charge is 0.347 e. The lowest BCUT2D eigenvalue weighted by Gasteiger charge is -2.06. The highest BCUT2D eigenvalue weighted by atomic mass is 35.5. The van der Waals surface area contributed by atoms with Gasteiger partial charge in [0.05, 0.1) is 0 Å². The molecule has 0 saturated carbocycles. The zero-order valence-electron chi connectivity index (χ0n) is 9.23. The van der Waals surface area contributed by atoms with Crippen LogP contribution in [-0.4, -0.2) is 15.9 Å². The van der Waals surface area contributed by atoms with Crippen LogP contribution in [0.5, 0.6) is 0 Å². The molecule has 0 fully saturated rings. The van der Waals surface area contributed by atoms with Gasteiger partial charge in [0, 0.05) is 23.3 Å². The number of halogens is 2. The van der Waals surface area contributed by atoms with E-state index < -0.39 is 11.7 Å². The minimum absolute atomic E-state index is 0.0508. The Kier molecular flexibility index (Phi) is 3.84. The van der Waals surface area contributed by atoms with E-state index in [-0.39, 0.29) is 12.2 Å². The predicted octanol–water partition coefficient (Wildman–Crippen LogP) is 2.20. The molecule has 0 spiro atoms. The van der Waals surface area contributed by atoms with Crippen LogP contribution in [-0.2, 0) is 6.54 Å². The Hall–Kier alpha value is -2.01.